The van der Waals surface area contributed by atoms with E-state index in [2.05, 4.69) is 209 Å². The Kier molecular flexibility index (Phi) is 6.29. The van der Waals surface area contributed by atoms with Crippen molar-refractivity contribution in [1.29, 1.82) is 0 Å². The molecule has 12 rings (SSSR count). The zero-order chi connectivity index (χ0) is 38.6. The third-order valence-electron chi connectivity index (χ3n) is 14.2. The van der Waals surface area contributed by atoms with Crippen molar-refractivity contribution >= 4 is 66.4 Å². The molecule has 3 aliphatic rings. The van der Waals surface area contributed by atoms with Gasteiger partial charge in [-0.2, -0.15) is 0 Å². The zero-order valence-corrected chi connectivity index (χ0v) is 33.4. The summed E-state index contributed by atoms with van der Waals surface area (Å²) in [5.41, 5.74) is 18.0. The molecule has 0 N–H and O–H groups in total. The summed E-state index contributed by atoms with van der Waals surface area (Å²) in [6.07, 6.45) is 0. The average molecular weight is 733 g/mol. The van der Waals surface area contributed by atoms with Crippen LogP contribution in [0.4, 0.5) is 34.1 Å². The van der Waals surface area contributed by atoms with Gasteiger partial charge in [-0.3, -0.25) is 0 Å². The van der Waals surface area contributed by atoms with E-state index in [1.165, 1.54) is 111 Å². The van der Waals surface area contributed by atoms with Crippen LogP contribution in [0.2, 0.25) is 0 Å². The second kappa shape index (κ2) is 10.9. The van der Waals surface area contributed by atoms with Gasteiger partial charge in [-0.15, -0.1) is 0 Å². The molecule has 0 radical (unpaired) electrons. The average Bonchev–Trinajstić information content (AvgIpc) is 3.45. The second-order valence-corrected chi connectivity index (χ2v) is 18.1. The minimum atomic E-state index is -0.184. The van der Waals surface area contributed by atoms with E-state index < -0.39 is 0 Å². The molecule has 0 saturated heterocycles. The number of anilines is 6. The van der Waals surface area contributed by atoms with Crippen molar-refractivity contribution in [1.82, 2.24) is 0 Å². The third-order valence-corrected chi connectivity index (χ3v) is 14.2. The predicted molar refractivity (Wildman–Crippen MR) is 241 cm³/mol. The minimum Gasteiger partial charge on any atom is -0.309 e. The first kappa shape index (κ1) is 32.8. The van der Waals surface area contributed by atoms with E-state index in [0.717, 1.165) is 0 Å². The molecule has 57 heavy (non-hydrogen) atoms. The van der Waals surface area contributed by atoms with E-state index in [0.29, 0.717) is 0 Å². The standard InChI is InChI=1S/C55H44N2/c1-53(2)39-16-8-7-15-35(39)38-31-50-44(32-43(38)53)55(5,6)42-19-11-14-22-49(42)57(50)46-30-26-34-23-27-36-45(29-25-33-24-28-37(46)52(34)51(33)36)56-47-20-12-9-17-40(47)54(3,4)41-18-10-13-21-48(41)56/h7-32H,1-6H3. The lowest BCUT2D eigenvalue weighted by atomic mass is 9.71. The topological polar surface area (TPSA) is 6.48 Å². The highest BCUT2D eigenvalue weighted by Gasteiger charge is 2.43. The van der Waals surface area contributed by atoms with Crippen molar-refractivity contribution in [3.63, 3.8) is 0 Å². The largest absolute Gasteiger partial charge is 0.309 e. The van der Waals surface area contributed by atoms with Crippen molar-refractivity contribution in [2.45, 2.75) is 57.8 Å². The van der Waals surface area contributed by atoms with Gasteiger partial charge in [-0.1, -0.05) is 163 Å². The molecule has 274 valence electrons. The lowest BCUT2D eigenvalue weighted by molar-refractivity contribution is 0.620. The van der Waals surface area contributed by atoms with Gasteiger partial charge in [0.05, 0.1) is 34.1 Å². The van der Waals surface area contributed by atoms with Crippen molar-refractivity contribution in [3.05, 3.63) is 191 Å². The monoisotopic (exact) mass is 732 g/mol. The van der Waals surface area contributed by atoms with E-state index in [-0.39, 0.29) is 16.2 Å². The molecule has 9 aromatic rings. The highest BCUT2D eigenvalue weighted by Crippen LogP contribution is 2.59. The highest BCUT2D eigenvalue weighted by molar-refractivity contribution is 6.28. The SMILES string of the molecule is CC1(C)c2ccccc2-c2cc3c(cc21)C(C)(C)c1ccccc1N3c1ccc2ccc3c(N4c5ccccc5C(C)(C)c5ccccc54)ccc4ccc1c2c43. The Bertz CT molecular complexity index is 3130. The Morgan fingerprint density at radius 2 is 0.702 bits per heavy atom. The van der Waals surface area contributed by atoms with Gasteiger partial charge in [0.15, 0.2) is 0 Å². The Labute approximate surface area is 335 Å². The molecule has 0 saturated carbocycles. The number of para-hydroxylation sites is 3. The summed E-state index contributed by atoms with van der Waals surface area (Å²) in [6, 6.07) is 59.9. The summed E-state index contributed by atoms with van der Waals surface area (Å²) in [5.74, 6) is 0. The van der Waals surface area contributed by atoms with Crippen LogP contribution in [0.1, 0.15) is 74.9 Å². The molecule has 0 aromatic heterocycles. The minimum absolute atomic E-state index is 0.0747. The fraction of sp³-hybridized carbons (Fsp3) is 0.164. The molecule has 2 aliphatic heterocycles. The highest BCUT2D eigenvalue weighted by atomic mass is 15.2. The normalized spacial score (nSPS) is 16.6. The fourth-order valence-electron chi connectivity index (χ4n) is 11.2. The van der Waals surface area contributed by atoms with Gasteiger partial charge in [-0.25, -0.2) is 0 Å². The van der Waals surface area contributed by atoms with Crippen molar-refractivity contribution in [2.24, 2.45) is 0 Å². The molecule has 0 fully saturated rings. The second-order valence-electron chi connectivity index (χ2n) is 18.1. The van der Waals surface area contributed by atoms with Gasteiger partial charge >= 0.3 is 0 Å². The van der Waals surface area contributed by atoms with E-state index in [1.807, 2.05) is 0 Å². The van der Waals surface area contributed by atoms with Crippen molar-refractivity contribution in [2.75, 3.05) is 9.80 Å². The van der Waals surface area contributed by atoms with Crippen LogP contribution in [0.25, 0.3) is 43.4 Å². The zero-order valence-electron chi connectivity index (χ0n) is 33.4. The summed E-state index contributed by atoms with van der Waals surface area (Å²) in [5, 5.41) is 7.70. The summed E-state index contributed by atoms with van der Waals surface area (Å²) in [6.45, 7) is 14.3. The molecule has 2 nitrogen and oxygen atoms in total. The molecule has 0 unspecified atom stereocenters. The molecule has 1 aliphatic carbocycles. The van der Waals surface area contributed by atoms with Gasteiger partial charge in [0.2, 0.25) is 0 Å². The Morgan fingerprint density at radius 3 is 1.23 bits per heavy atom. The van der Waals surface area contributed by atoms with Gasteiger partial charge in [0.25, 0.3) is 0 Å². The number of benzene rings is 9. The van der Waals surface area contributed by atoms with Gasteiger partial charge < -0.3 is 9.80 Å². The van der Waals surface area contributed by atoms with Crippen LogP contribution < -0.4 is 9.80 Å². The van der Waals surface area contributed by atoms with Crippen LogP contribution in [0.3, 0.4) is 0 Å². The van der Waals surface area contributed by atoms with Crippen molar-refractivity contribution < 1.29 is 0 Å². The molecule has 2 heteroatoms. The van der Waals surface area contributed by atoms with E-state index >= 15 is 0 Å². The van der Waals surface area contributed by atoms with Gasteiger partial charge in [0, 0.05) is 27.0 Å². The van der Waals surface area contributed by atoms with Crippen molar-refractivity contribution in [3.8, 4) is 11.1 Å². The van der Waals surface area contributed by atoms with Crippen LogP contribution in [-0.4, -0.2) is 0 Å². The van der Waals surface area contributed by atoms with E-state index in [4.69, 9.17) is 0 Å². The summed E-state index contributed by atoms with van der Waals surface area (Å²) in [7, 11) is 0. The van der Waals surface area contributed by atoms with Gasteiger partial charge in [-0.05, 0) is 102 Å². The maximum absolute atomic E-state index is 2.58. The number of hydrogen-bond donors (Lipinski definition) is 0. The van der Waals surface area contributed by atoms with E-state index in [1.54, 1.807) is 0 Å². The fourth-order valence-corrected chi connectivity index (χ4v) is 11.2. The molecule has 2 heterocycles. The van der Waals surface area contributed by atoms with Crippen LogP contribution >= 0.6 is 0 Å². The number of nitrogens with zero attached hydrogens (tertiary/aromatic N) is 2. The van der Waals surface area contributed by atoms with Crippen LogP contribution in [0.15, 0.2) is 158 Å². The molecule has 0 spiro atoms. The number of fused-ring (bicyclic) bond motifs is 7. The molecule has 0 atom stereocenters. The Balaban J connectivity index is 1.13. The quantitative estimate of drug-likeness (QED) is 0.163. The van der Waals surface area contributed by atoms with Crippen LogP contribution in [0, 0.1) is 0 Å². The molecular weight excluding hydrogens is 689 g/mol. The summed E-state index contributed by atoms with van der Waals surface area (Å²) >= 11 is 0. The maximum atomic E-state index is 2.58. The number of rotatable bonds is 2. The first-order valence-corrected chi connectivity index (χ1v) is 20.4. The van der Waals surface area contributed by atoms with Crippen LogP contribution in [0.5, 0.6) is 0 Å². The lowest BCUT2D eigenvalue weighted by Gasteiger charge is -2.43. The van der Waals surface area contributed by atoms with Crippen LogP contribution in [-0.2, 0) is 16.2 Å². The first-order valence-electron chi connectivity index (χ1n) is 20.4. The predicted octanol–water partition coefficient (Wildman–Crippen LogP) is 15.1. The molecule has 0 bridgehead atoms. The molecule has 0 amide bonds. The molecule has 9 aromatic carbocycles. The lowest BCUT2D eigenvalue weighted by Crippen LogP contribution is -2.31. The smallest absolute Gasteiger partial charge is 0.0540 e. The third kappa shape index (κ3) is 4.10. The maximum Gasteiger partial charge on any atom is 0.0540 e. The summed E-state index contributed by atoms with van der Waals surface area (Å²) in [4.78, 5) is 5.10. The Hall–Kier alpha value is -6.38. The number of hydrogen-bond acceptors (Lipinski definition) is 2. The Morgan fingerprint density at radius 1 is 0.298 bits per heavy atom. The first-order chi connectivity index (χ1) is 27.6. The summed E-state index contributed by atoms with van der Waals surface area (Å²) < 4.78 is 0. The van der Waals surface area contributed by atoms with E-state index in [9.17, 15) is 0 Å². The molecular formula is C55H44N2. The van der Waals surface area contributed by atoms with Gasteiger partial charge in [0.1, 0.15) is 0 Å².